The molecule has 0 aliphatic carbocycles. The minimum Gasteiger partial charge on any atom is -0.490 e. The highest BCUT2D eigenvalue weighted by atomic mass is 16.5. The van der Waals surface area contributed by atoms with E-state index in [1.807, 2.05) is 0 Å². The smallest absolute Gasteiger partial charge is 0.159 e. The molecule has 0 amide bonds. The average Bonchev–Trinajstić information content (AvgIpc) is 2.74. The van der Waals surface area contributed by atoms with Crippen LogP contribution in [0.15, 0.2) is 36.7 Å². The quantitative estimate of drug-likeness (QED) is 0.341. The summed E-state index contributed by atoms with van der Waals surface area (Å²) in [6, 6.07) is 8.65. The SMILES string of the molecule is CCCCCCCCCc1ccc(-c2ncc(OCCCCOC)cn2)cc1. The molecule has 0 aliphatic heterocycles. The fraction of sp³-hybridized carbons (Fsp3) is 0.583. The third-order valence-corrected chi connectivity index (χ3v) is 4.92. The summed E-state index contributed by atoms with van der Waals surface area (Å²) in [6.45, 7) is 3.70. The first-order valence-corrected chi connectivity index (χ1v) is 10.9. The van der Waals surface area contributed by atoms with Crippen LogP contribution >= 0.6 is 0 Å². The van der Waals surface area contributed by atoms with Gasteiger partial charge in [0.2, 0.25) is 0 Å². The lowest BCUT2D eigenvalue weighted by Crippen LogP contribution is -2.00. The van der Waals surface area contributed by atoms with Crippen LogP contribution in [-0.2, 0) is 11.2 Å². The van der Waals surface area contributed by atoms with Crippen LogP contribution < -0.4 is 4.74 Å². The Morgan fingerprint density at radius 2 is 1.39 bits per heavy atom. The van der Waals surface area contributed by atoms with E-state index in [-0.39, 0.29) is 0 Å². The molecular formula is C24H36N2O2. The van der Waals surface area contributed by atoms with Gasteiger partial charge >= 0.3 is 0 Å². The minimum absolute atomic E-state index is 0.666. The number of hydrogen-bond donors (Lipinski definition) is 0. The van der Waals surface area contributed by atoms with E-state index in [1.54, 1.807) is 19.5 Å². The Morgan fingerprint density at radius 1 is 0.750 bits per heavy atom. The van der Waals surface area contributed by atoms with E-state index in [4.69, 9.17) is 9.47 Å². The van der Waals surface area contributed by atoms with Gasteiger partial charge in [-0.25, -0.2) is 9.97 Å². The second kappa shape index (κ2) is 14.1. The maximum absolute atomic E-state index is 5.67. The number of unbranched alkanes of at least 4 members (excludes halogenated alkanes) is 7. The zero-order chi connectivity index (χ0) is 19.9. The normalized spacial score (nSPS) is 10.9. The molecule has 4 nitrogen and oxygen atoms in total. The predicted octanol–water partition coefficient (Wildman–Crippen LogP) is 6.24. The Morgan fingerprint density at radius 3 is 2.07 bits per heavy atom. The summed E-state index contributed by atoms with van der Waals surface area (Å²) >= 11 is 0. The van der Waals surface area contributed by atoms with Crippen LogP contribution in [0.5, 0.6) is 5.75 Å². The van der Waals surface area contributed by atoms with Crippen LogP contribution in [0.1, 0.15) is 70.3 Å². The van der Waals surface area contributed by atoms with Crippen LogP contribution in [0, 0.1) is 0 Å². The lowest BCUT2D eigenvalue weighted by Gasteiger charge is -2.07. The third kappa shape index (κ3) is 8.83. The molecule has 1 aromatic heterocycles. The Bertz CT molecular complexity index is 626. The molecular weight excluding hydrogens is 348 g/mol. The molecule has 0 saturated carbocycles. The number of hydrogen-bond acceptors (Lipinski definition) is 4. The largest absolute Gasteiger partial charge is 0.490 e. The fourth-order valence-corrected chi connectivity index (χ4v) is 3.18. The molecule has 154 valence electrons. The molecule has 0 N–H and O–H groups in total. The van der Waals surface area contributed by atoms with Crippen molar-refractivity contribution in [3.63, 3.8) is 0 Å². The Hall–Kier alpha value is -1.94. The van der Waals surface area contributed by atoms with E-state index < -0.39 is 0 Å². The maximum Gasteiger partial charge on any atom is 0.159 e. The number of methoxy groups -OCH3 is 1. The van der Waals surface area contributed by atoms with Crippen molar-refractivity contribution in [3.05, 3.63) is 42.2 Å². The summed E-state index contributed by atoms with van der Waals surface area (Å²) in [5.74, 6) is 1.46. The fourth-order valence-electron chi connectivity index (χ4n) is 3.18. The van der Waals surface area contributed by atoms with Gasteiger partial charge < -0.3 is 9.47 Å². The van der Waals surface area contributed by atoms with Crippen molar-refractivity contribution in [2.45, 2.75) is 71.1 Å². The molecule has 2 aromatic rings. The predicted molar refractivity (Wildman–Crippen MR) is 116 cm³/mol. The van der Waals surface area contributed by atoms with Gasteiger partial charge in [0.15, 0.2) is 11.6 Å². The van der Waals surface area contributed by atoms with Gasteiger partial charge in [-0.1, -0.05) is 69.7 Å². The maximum atomic E-state index is 5.67. The molecule has 0 fully saturated rings. The van der Waals surface area contributed by atoms with Crippen molar-refractivity contribution >= 4 is 0 Å². The second-order valence-electron chi connectivity index (χ2n) is 7.36. The van der Waals surface area contributed by atoms with Crippen molar-refractivity contribution in [1.29, 1.82) is 0 Å². The summed E-state index contributed by atoms with van der Waals surface area (Å²) in [6.07, 6.45) is 16.1. The van der Waals surface area contributed by atoms with Crippen molar-refractivity contribution in [2.75, 3.05) is 20.3 Å². The van der Waals surface area contributed by atoms with E-state index in [1.165, 1.54) is 50.5 Å². The van der Waals surface area contributed by atoms with Gasteiger partial charge in [0.05, 0.1) is 19.0 Å². The molecule has 2 rings (SSSR count). The standard InChI is InChI=1S/C24H36N2O2/c1-3-4-5-6-7-8-9-12-21-13-15-22(16-14-21)24-25-19-23(20-26-24)28-18-11-10-17-27-2/h13-16,19-20H,3-12,17-18H2,1-2H3. The lowest BCUT2D eigenvalue weighted by molar-refractivity contribution is 0.184. The molecule has 0 saturated heterocycles. The minimum atomic E-state index is 0.666. The summed E-state index contributed by atoms with van der Waals surface area (Å²) in [5.41, 5.74) is 2.45. The van der Waals surface area contributed by atoms with Crippen molar-refractivity contribution in [3.8, 4) is 17.1 Å². The van der Waals surface area contributed by atoms with Crippen LogP contribution in [0.25, 0.3) is 11.4 Å². The summed E-state index contributed by atoms with van der Waals surface area (Å²) in [5, 5.41) is 0. The van der Waals surface area contributed by atoms with Gasteiger partial charge in [0.1, 0.15) is 0 Å². The van der Waals surface area contributed by atoms with Crippen molar-refractivity contribution in [1.82, 2.24) is 9.97 Å². The summed E-state index contributed by atoms with van der Waals surface area (Å²) < 4.78 is 10.7. The van der Waals surface area contributed by atoms with E-state index in [9.17, 15) is 0 Å². The van der Waals surface area contributed by atoms with Gasteiger partial charge in [0.25, 0.3) is 0 Å². The molecule has 4 heteroatoms. The molecule has 0 bridgehead atoms. The lowest BCUT2D eigenvalue weighted by atomic mass is 10.0. The topological polar surface area (TPSA) is 44.2 Å². The number of aryl methyl sites for hydroxylation is 1. The summed E-state index contributed by atoms with van der Waals surface area (Å²) in [4.78, 5) is 8.89. The highest BCUT2D eigenvalue weighted by Crippen LogP contribution is 2.19. The van der Waals surface area contributed by atoms with Gasteiger partial charge in [0, 0.05) is 19.3 Å². The zero-order valence-electron chi connectivity index (χ0n) is 17.7. The number of benzene rings is 1. The van der Waals surface area contributed by atoms with Gasteiger partial charge in [-0.15, -0.1) is 0 Å². The molecule has 0 atom stereocenters. The van der Waals surface area contributed by atoms with Crippen LogP contribution in [0.4, 0.5) is 0 Å². The first-order valence-electron chi connectivity index (χ1n) is 10.9. The van der Waals surface area contributed by atoms with E-state index in [0.717, 1.165) is 43.0 Å². The molecule has 0 spiro atoms. The highest BCUT2D eigenvalue weighted by molar-refractivity contribution is 5.55. The van der Waals surface area contributed by atoms with Gasteiger partial charge in [-0.05, 0) is 31.2 Å². The summed E-state index contributed by atoms with van der Waals surface area (Å²) in [7, 11) is 1.72. The molecule has 1 aromatic carbocycles. The average molecular weight is 385 g/mol. The Balaban J connectivity index is 1.70. The van der Waals surface area contributed by atoms with E-state index in [0.29, 0.717) is 6.61 Å². The Labute approximate surface area is 170 Å². The molecule has 1 heterocycles. The van der Waals surface area contributed by atoms with E-state index in [2.05, 4.69) is 41.2 Å². The monoisotopic (exact) mass is 384 g/mol. The van der Waals surface area contributed by atoms with Crippen LogP contribution in [0.3, 0.4) is 0 Å². The van der Waals surface area contributed by atoms with E-state index >= 15 is 0 Å². The number of rotatable bonds is 15. The van der Waals surface area contributed by atoms with Gasteiger partial charge in [-0.3, -0.25) is 0 Å². The Kier molecular flexibility index (Phi) is 11.3. The molecule has 0 radical (unpaired) electrons. The van der Waals surface area contributed by atoms with Crippen molar-refractivity contribution < 1.29 is 9.47 Å². The molecule has 0 unspecified atom stereocenters. The number of nitrogens with zero attached hydrogens (tertiary/aromatic N) is 2. The third-order valence-electron chi connectivity index (χ3n) is 4.92. The van der Waals surface area contributed by atoms with Crippen molar-refractivity contribution in [2.24, 2.45) is 0 Å². The first kappa shape index (κ1) is 22.4. The van der Waals surface area contributed by atoms with Crippen LogP contribution in [-0.4, -0.2) is 30.3 Å². The van der Waals surface area contributed by atoms with Crippen LogP contribution in [0.2, 0.25) is 0 Å². The first-order chi connectivity index (χ1) is 13.8. The second-order valence-corrected chi connectivity index (χ2v) is 7.36. The number of ether oxygens (including phenoxy) is 2. The number of aromatic nitrogens is 2. The molecule has 0 aliphatic rings. The zero-order valence-corrected chi connectivity index (χ0v) is 17.7. The van der Waals surface area contributed by atoms with Gasteiger partial charge in [-0.2, -0.15) is 0 Å². The molecule has 28 heavy (non-hydrogen) atoms. The highest BCUT2D eigenvalue weighted by Gasteiger charge is 2.03.